The van der Waals surface area contributed by atoms with Gasteiger partial charge in [0, 0.05) is 5.70 Å². The molecule has 0 unspecified atom stereocenters. The van der Waals surface area contributed by atoms with Crippen LogP contribution in [0.4, 0.5) is 4.79 Å². The van der Waals surface area contributed by atoms with E-state index in [1.165, 1.54) is 0 Å². The Bertz CT molecular complexity index is 458. The fourth-order valence-corrected chi connectivity index (χ4v) is 1.68. The molecule has 0 N–H and O–H groups in total. The van der Waals surface area contributed by atoms with Gasteiger partial charge in [0.05, 0.1) is 6.54 Å². The predicted octanol–water partition coefficient (Wildman–Crippen LogP) is 4.59. The van der Waals surface area contributed by atoms with Crippen molar-refractivity contribution in [2.45, 2.75) is 46.8 Å². The van der Waals surface area contributed by atoms with Crippen LogP contribution < -0.4 is 0 Å². The molecule has 1 aromatic rings. The third-order valence-electron chi connectivity index (χ3n) is 2.81. The number of allylic oxidation sites excluding steroid dienone is 1. The molecule has 0 spiro atoms. The van der Waals surface area contributed by atoms with Gasteiger partial charge >= 0.3 is 6.09 Å². The van der Waals surface area contributed by atoms with Gasteiger partial charge in [-0.3, -0.25) is 4.90 Å². The summed E-state index contributed by atoms with van der Waals surface area (Å²) in [6.45, 7) is 14.1. The van der Waals surface area contributed by atoms with Gasteiger partial charge in [-0.25, -0.2) is 4.79 Å². The second-order valence-electron chi connectivity index (χ2n) is 6.20. The molecular weight excluding hydrogens is 250 g/mol. The second kappa shape index (κ2) is 6.60. The zero-order valence-corrected chi connectivity index (χ0v) is 13.1. The Labute approximate surface area is 122 Å². The molecule has 0 aliphatic heterocycles. The molecule has 0 saturated carbocycles. The summed E-state index contributed by atoms with van der Waals surface area (Å²) in [6.07, 6.45) is -0.347. The number of carbonyl (C=O) groups is 1. The molecular formula is C17H25NO2. The summed E-state index contributed by atoms with van der Waals surface area (Å²) in [5.41, 5.74) is 1.31. The Kier molecular flexibility index (Phi) is 5.37. The van der Waals surface area contributed by atoms with Crippen molar-refractivity contribution < 1.29 is 9.53 Å². The van der Waals surface area contributed by atoms with Gasteiger partial charge in [-0.15, -0.1) is 0 Å². The highest BCUT2D eigenvalue weighted by molar-refractivity contribution is 5.70. The SMILES string of the molecule is C=C(C(C)C)N(Cc1ccccc1)C(=O)OC(C)(C)C. The van der Waals surface area contributed by atoms with Crippen LogP contribution >= 0.6 is 0 Å². The second-order valence-corrected chi connectivity index (χ2v) is 6.20. The molecule has 110 valence electrons. The lowest BCUT2D eigenvalue weighted by Crippen LogP contribution is -2.36. The fourth-order valence-electron chi connectivity index (χ4n) is 1.68. The summed E-state index contributed by atoms with van der Waals surface area (Å²) in [4.78, 5) is 14.0. The van der Waals surface area contributed by atoms with Crippen LogP contribution in [-0.4, -0.2) is 16.6 Å². The van der Waals surface area contributed by atoms with Crippen molar-refractivity contribution in [2.24, 2.45) is 5.92 Å². The van der Waals surface area contributed by atoms with Crippen LogP contribution in [0.2, 0.25) is 0 Å². The van der Waals surface area contributed by atoms with Crippen LogP contribution in [0.5, 0.6) is 0 Å². The zero-order valence-electron chi connectivity index (χ0n) is 13.1. The third-order valence-corrected chi connectivity index (χ3v) is 2.81. The Morgan fingerprint density at radius 1 is 1.25 bits per heavy atom. The molecule has 0 atom stereocenters. The number of nitrogens with zero attached hydrogens (tertiary/aromatic N) is 1. The van der Waals surface area contributed by atoms with Gasteiger partial charge in [-0.05, 0) is 32.3 Å². The third kappa shape index (κ3) is 5.08. The molecule has 0 aliphatic rings. The van der Waals surface area contributed by atoms with E-state index in [-0.39, 0.29) is 12.0 Å². The van der Waals surface area contributed by atoms with Gasteiger partial charge in [0.15, 0.2) is 0 Å². The van der Waals surface area contributed by atoms with Crippen molar-refractivity contribution in [2.75, 3.05) is 0 Å². The lowest BCUT2D eigenvalue weighted by molar-refractivity contribution is 0.0285. The van der Waals surface area contributed by atoms with Gasteiger partial charge in [-0.1, -0.05) is 50.8 Å². The number of carbonyl (C=O) groups excluding carboxylic acids is 1. The molecule has 0 saturated heterocycles. The number of hydrogen-bond acceptors (Lipinski definition) is 2. The van der Waals surface area contributed by atoms with Gasteiger partial charge < -0.3 is 4.74 Å². The molecule has 0 aromatic heterocycles. The first kappa shape index (κ1) is 16.3. The van der Waals surface area contributed by atoms with Crippen molar-refractivity contribution in [1.82, 2.24) is 4.90 Å². The highest BCUT2D eigenvalue weighted by Gasteiger charge is 2.25. The summed E-state index contributed by atoms with van der Waals surface area (Å²) in [5.74, 6) is 0.186. The Morgan fingerprint density at radius 3 is 2.25 bits per heavy atom. The van der Waals surface area contributed by atoms with E-state index in [1.54, 1.807) is 4.90 Å². The van der Waals surface area contributed by atoms with Crippen molar-refractivity contribution in [3.8, 4) is 0 Å². The molecule has 0 radical (unpaired) electrons. The minimum atomic E-state index is -0.511. The molecule has 0 bridgehead atoms. The number of rotatable bonds is 4. The van der Waals surface area contributed by atoms with Crippen LogP contribution in [-0.2, 0) is 11.3 Å². The summed E-state index contributed by atoms with van der Waals surface area (Å²) in [7, 11) is 0. The monoisotopic (exact) mass is 275 g/mol. The summed E-state index contributed by atoms with van der Waals surface area (Å²) in [6, 6.07) is 9.86. The van der Waals surface area contributed by atoms with Gasteiger partial charge in [0.1, 0.15) is 5.60 Å². The van der Waals surface area contributed by atoms with E-state index in [2.05, 4.69) is 6.58 Å². The van der Waals surface area contributed by atoms with Crippen molar-refractivity contribution in [3.63, 3.8) is 0 Å². The van der Waals surface area contributed by atoms with Crippen molar-refractivity contribution in [1.29, 1.82) is 0 Å². The largest absolute Gasteiger partial charge is 0.443 e. The standard InChI is InChI=1S/C17H25NO2/c1-13(2)14(3)18(16(19)20-17(4,5)6)12-15-10-8-7-9-11-15/h7-11,13H,3,12H2,1-2,4-6H3. The molecule has 0 heterocycles. The number of ether oxygens (including phenoxy) is 1. The average Bonchev–Trinajstić information content (AvgIpc) is 2.34. The van der Waals surface area contributed by atoms with Crippen LogP contribution in [0, 0.1) is 5.92 Å². The topological polar surface area (TPSA) is 29.5 Å². The number of amides is 1. The summed E-state index contributed by atoms with van der Waals surface area (Å²) >= 11 is 0. The van der Waals surface area contributed by atoms with Crippen LogP contribution in [0.3, 0.4) is 0 Å². The van der Waals surface area contributed by atoms with E-state index in [0.29, 0.717) is 6.54 Å². The lowest BCUT2D eigenvalue weighted by atomic mass is 10.1. The summed E-state index contributed by atoms with van der Waals surface area (Å²) in [5, 5.41) is 0. The maximum Gasteiger partial charge on any atom is 0.414 e. The summed E-state index contributed by atoms with van der Waals surface area (Å²) < 4.78 is 5.47. The first-order chi connectivity index (χ1) is 9.20. The maximum atomic E-state index is 12.4. The molecule has 3 heteroatoms. The molecule has 1 aromatic carbocycles. The van der Waals surface area contributed by atoms with E-state index in [9.17, 15) is 4.79 Å². The highest BCUT2D eigenvalue weighted by atomic mass is 16.6. The fraction of sp³-hybridized carbons (Fsp3) is 0.471. The Hall–Kier alpha value is -1.77. The van der Waals surface area contributed by atoms with E-state index >= 15 is 0 Å². The van der Waals surface area contributed by atoms with E-state index in [4.69, 9.17) is 4.74 Å². The van der Waals surface area contributed by atoms with Gasteiger partial charge in [0.2, 0.25) is 0 Å². The smallest absolute Gasteiger partial charge is 0.414 e. The van der Waals surface area contributed by atoms with E-state index in [1.807, 2.05) is 65.0 Å². The van der Waals surface area contributed by atoms with Crippen LogP contribution in [0.25, 0.3) is 0 Å². The maximum absolute atomic E-state index is 12.4. The van der Waals surface area contributed by atoms with Crippen LogP contribution in [0.1, 0.15) is 40.2 Å². The molecule has 0 fully saturated rings. The minimum absolute atomic E-state index is 0.186. The van der Waals surface area contributed by atoms with Crippen molar-refractivity contribution >= 4 is 6.09 Å². The molecule has 3 nitrogen and oxygen atoms in total. The lowest BCUT2D eigenvalue weighted by Gasteiger charge is -2.30. The first-order valence-electron chi connectivity index (χ1n) is 6.94. The van der Waals surface area contributed by atoms with E-state index in [0.717, 1.165) is 11.3 Å². The average molecular weight is 275 g/mol. The number of hydrogen-bond donors (Lipinski definition) is 0. The molecule has 1 rings (SSSR count). The van der Waals surface area contributed by atoms with Crippen LogP contribution in [0.15, 0.2) is 42.6 Å². The molecule has 20 heavy (non-hydrogen) atoms. The zero-order chi connectivity index (χ0) is 15.3. The predicted molar refractivity (Wildman–Crippen MR) is 82.2 cm³/mol. The number of benzene rings is 1. The Morgan fingerprint density at radius 2 is 1.80 bits per heavy atom. The van der Waals surface area contributed by atoms with Gasteiger partial charge in [0.25, 0.3) is 0 Å². The highest BCUT2D eigenvalue weighted by Crippen LogP contribution is 2.20. The quantitative estimate of drug-likeness (QED) is 0.804. The van der Waals surface area contributed by atoms with Crippen molar-refractivity contribution in [3.05, 3.63) is 48.2 Å². The first-order valence-corrected chi connectivity index (χ1v) is 6.94. The van der Waals surface area contributed by atoms with Gasteiger partial charge in [-0.2, -0.15) is 0 Å². The minimum Gasteiger partial charge on any atom is -0.443 e. The van der Waals surface area contributed by atoms with E-state index < -0.39 is 5.60 Å². The normalized spacial score (nSPS) is 11.3. The Balaban J connectivity index is 2.91. The molecule has 0 aliphatic carbocycles. The molecule has 1 amide bonds.